The fourth-order valence-electron chi connectivity index (χ4n) is 3.30. The first kappa shape index (κ1) is 17.4. The van der Waals surface area contributed by atoms with Gasteiger partial charge in [-0.05, 0) is 32.7 Å². The molecule has 1 aromatic heterocycles. The molecule has 1 aromatic rings. The second kappa shape index (κ2) is 8.09. The van der Waals surface area contributed by atoms with Crippen LogP contribution in [0.5, 0.6) is 0 Å². The van der Waals surface area contributed by atoms with Crippen molar-refractivity contribution in [2.24, 2.45) is 5.92 Å². The van der Waals surface area contributed by atoms with Crippen molar-refractivity contribution in [3.05, 3.63) is 17.5 Å². The zero-order chi connectivity index (χ0) is 16.9. The zero-order valence-electron chi connectivity index (χ0n) is 14.7. The third kappa shape index (κ3) is 4.55. The van der Waals surface area contributed by atoms with Crippen LogP contribution in [0, 0.1) is 5.92 Å². The van der Waals surface area contributed by atoms with Gasteiger partial charge in [-0.2, -0.15) is 0 Å². The molecule has 0 aliphatic carbocycles. The molecule has 0 spiro atoms. The Morgan fingerprint density at radius 2 is 2.17 bits per heavy atom. The van der Waals surface area contributed by atoms with E-state index in [2.05, 4.69) is 34.1 Å². The second-order valence-electron chi connectivity index (χ2n) is 7.02. The molecule has 1 atom stereocenters. The van der Waals surface area contributed by atoms with Crippen LogP contribution in [0.3, 0.4) is 0 Å². The summed E-state index contributed by atoms with van der Waals surface area (Å²) in [5, 5.41) is 6.91. The maximum Gasteiger partial charge on any atom is 0.273 e. The summed E-state index contributed by atoms with van der Waals surface area (Å²) in [4.78, 5) is 16.9. The Kier molecular flexibility index (Phi) is 5.86. The standard InChI is InChI=1S/C17H28N4O3/c1-13(2)21-4-3-14(11-21)10-18-17(22)16-9-15(24-19-16)12-20-5-7-23-8-6-20/h9,13-14H,3-8,10-12H2,1-2H3,(H,18,22)/t14-/m1/s1. The van der Waals surface area contributed by atoms with Crippen LogP contribution in [-0.2, 0) is 11.3 Å². The highest BCUT2D eigenvalue weighted by Crippen LogP contribution is 2.17. The minimum absolute atomic E-state index is 0.144. The number of aromatic nitrogens is 1. The maximum atomic E-state index is 12.2. The van der Waals surface area contributed by atoms with Gasteiger partial charge in [0, 0.05) is 38.3 Å². The van der Waals surface area contributed by atoms with Crippen molar-refractivity contribution in [3.8, 4) is 0 Å². The van der Waals surface area contributed by atoms with Gasteiger partial charge in [0.1, 0.15) is 0 Å². The molecule has 0 aromatic carbocycles. The van der Waals surface area contributed by atoms with Crippen LogP contribution in [0.1, 0.15) is 36.5 Å². The number of rotatable bonds is 6. The Morgan fingerprint density at radius 1 is 1.38 bits per heavy atom. The van der Waals surface area contributed by atoms with Crippen molar-refractivity contribution < 1.29 is 14.1 Å². The second-order valence-corrected chi connectivity index (χ2v) is 7.02. The van der Waals surface area contributed by atoms with Gasteiger partial charge in [0.25, 0.3) is 5.91 Å². The van der Waals surface area contributed by atoms with E-state index in [0.29, 0.717) is 30.7 Å². The zero-order valence-corrected chi connectivity index (χ0v) is 14.7. The van der Waals surface area contributed by atoms with E-state index in [1.807, 2.05) is 0 Å². The number of likely N-dealkylation sites (tertiary alicyclic amines) is 1. The average Bonchev–Trinajstić information content (AvgIpc) is 3.23. The molecule has 1 amide bonds. The Hall–Kier alpha value is -1.44. The molecule has 134 valence electrons. The molecule has 2 fully saturated rings. The van der Waals surface area contributed by atoms with Gasteiger partial charge in [-0.3, -0.25) is 9.69 Å². The topological polar surface area (TPSA) is 70.8 Å². The Balaban J connectivity index is 1.44. The third-order valence-electron chi connectivity index (χ3n) is 4.87. The number of hydrogen-bond donors (Lipinski definition) is 1. The van der Waals surface area contributed by atoms with Crippen LogP contribution in [0.15, 0.2) is 10.6 Å². The number of amides is 1. The molecule has 24 heavy (non-hydrogen) atoms. The van der Waals surface area contributed by atoms with E-state index in [1.165, 1.54) is 0 Å². The van der Waals surface area contributed by atoms with Crippen LogP contribution >= 0.6 is 0 Å². The molecule has 3 rings (SSSR count). The molecular weight excluding hydrogens is 308 g/mol. The van der Waals surface area contributed by atoms with Gasteiger partial charge < -0.3 is 19.5 Å². The van der Waals surface area contributed by atoms with E-state index in [-0.39, 0.29) is 5.91 Å². The van der Waals surface area contributed by atoms with Crippen molar-refractivity contribution in [1.29, 1.82) is 0 Å². The minimum Gasteiger partial charge on any atom is -0.379 e. The number of nitrogens with zero attached hydrogens (tertiary/aromatic N) is 3. The molecule has 0 bridgehead atoms. The first-order valence-electron chi connectivity index (χ1n) is 8.90. The van der Waals surface area contributed by atoms with Crippen molar-refractivity contribution >= 4 is 5.91 Å². The van der Waals surface area contributed by atoms with Crippen LogP contribution in [0.2, 0.25) is 0 Å². The van der Waals surface area contributed by atoms with Crippen LogP contribution in [-0.4, -0.2) is 72.8 Å². The molecule has 2 saturated heterocycles. The summed E-state index contributed by atoms with van der Waals surface area (Å²) in [6.45, 7) is 11.2. The Labute approximate surface area is 143 Å². The maximum absolute atomic E-state index is 12.2. The SMILES string of the molecule is CC(C)N1CC[C@H](CNC(=O)c2cc(CN3CCOCC3)on2)C1. The molecular formula is C17H28N4O3. The lowest BCUT2D eigenvalue weighted by Gasteiger charge is -2.25. The van der Waals surface area contributed by atoms with Crippen LogP contribution in [0.25, 0.3) is 0 Å². The summed E-state index contributed by atoms with van der Waals surface area (Å²) in [5.74, 6) is 1.11. The lowest BCUT2D eigenvalue weighted by molar-refractivity contribution is 0.0305. The highest BCUT2D eigenvalue weighted by Gasteiger charge is 2.25. The van der Waals surface area contributed by atoms with Gasteiger partial charge in [0.15, 0.2) is 11.5 Å². The molecule has 3 heterocycles. The number of hydrogen-bond acceptors (Lipinski definition) is 6. The van der Waals surface area contributed by atoms with E-state index >= 15 is 0 Å². The summed E-state index contributed by atoms with van der Waals surface area (Å²) in [6.07, 6.45) is 1.14. The van der Waals surface area contributed by atoms with Crippen molar-refractivity contribution in [1.82, 2.24) is 20.3 Å². The predicted octanol–water partition coefficient (Wildman–Crippen LogP) is 0.967. The fourth-order valence-corrected chi connectivity index (χ4v) is 3.30. The van der Waals surface area contributed by atoms with E-state index < -0.39 is 0 Å². The van der Waals surface area contributed by atoms with E-state index in [0.717, 1.165) is 51.6 Å². The normalized spacial score (nSPS) is 23.0. The molecule has 7 nitrogen and oxygen atoms in total. The first-order chi connectivity index (χ1) is 11.6. The highest BCUT2D eigenvalue weighted by atomic mass is 16.5. The monoisotopic (exact) mass is 336 g/mol. The number of carbonyl (C=O) groups is 1. The van der Waals surface area contributed by atoms with Gasteiger partial charge in [-0.25, -0.2) is 0 Å². The molecule has 2 aliphatic rings. The van der Waals surface area contributed by atoms with Crippen molar-refractivity contribution in [2.45, 2.75) is 32.9 Å². The lowest BCUT2D eigenvalue weighted by Crippen LogP contribution is -2.35. The fraction of sp³-hybridized carbons (Fsp3) is 0.765. The van der Waals surface area contributed by atoms with Crippen molar-refractivity contribution in [2.75, 3.05) is 45.9 Å². The first-order valence-corrected chi connectivity index (χ1v) is 8.90. The molecule has 7 heteroatoms. The summed E-state index contributed by atoms with van der Waals surface area (Å²) in [7, 11) is 0. The predicted molar refractivity (Wildman–Crippen MR) is 89.7 cm³/mol. The highest BCUT2D eigenvalue weighted by molar-refractivity contribution is 5.92. The van der Waals surface area contributed by atoms with Gasteiger partial charge >= 0.3 is 0 Å². The lowest BCUT2D eigenvalue weighted by atomic mass is 10.1. The molecule has 0 saturated carbocycles. The summed E-state index contributed by atoms with van der Waals surface area (Å²) in [6, 6.07) is 2.32. The molecule has 0 radical (unpaired) electrons. The van der Waals surface area contributed by atoms with Gasteiger partial charge in [0.05, 0.1) is 19.8 Å². The van der Waals surface area contributed by atoms with E-state index in [4.69, 9.17) is 9.26 Å². The molecule has 0 unspecified atom stereocenters. The smallest absolute Gasteiger partial charge is 0.273 e. The van der Waals surface area contributed by atoms with Crippen molar-refractivity contribution in [3.63, 3.8) is 0 Å². The van der Waals surface area contributed by atoms with Crippen LogP contribution in [0.4, 0.5) is 0 Å². The molecule has 1 N–H and O–H groups in total. The summed E-state index contributed by atoms with van der Waals surface area (Å²) in [5.41, 5.74) is 0.372. The summed E-state index contributed by atoms with van der Waals surface area (Å²) >= 11 is 0. The Morgan fingerprint density at radius 3 is 2.88 bits per heavy atom. The van der Waals surface area contributed by atoms with E-state index in [9.17, 15) is 4.79 Å². The number of ether oxygens (including phenoxy) is 1. The minimum atomic E-state index is -0.144. The van der Waals surface area contributed by atoms with Gasteiger partial charge in [-0.15, -0.1) is 0 Å². The van der Waals surface area contributed by atoms with Gasteiger partial charge in [0.2, 0.25) is 0 Å². The van der Waals surface area contributed by atoms with E-state index in [1.54, 1.807) is 6.07 Å². The number of nitrogens with one attached hydrogen (secondary N) is 1. The summed E-state index contributed by atoms with van der Waals surface area (Å²) < 4.78 is 10.6. The quantitative estimate of drug-likeness (QED) is 0.835. The number of carbonyl (C=O) groups excluding carboxylic acids is 1. The largest absolute Gasteiger partial charge is 0.379 e. The van der Waals surface area contributed by atoms with Gasteiger partial charge in [-0.1, -0.05) is 5.16 Å². The third-order valence-corrected chi connectivity index (χ3v) is 4.87. The Bertz CT molecular complexity index is 540. The van der Waals surface area contributed by atoms with Crippen LogP contribution < -0.4 is 5.32 Å². The number of morpholine rings is 1. The molecule has 2 aliphatic heterocycles. The average molecular weight is 336 g/mol.